The van der Waals surface area contributed by atoms with Gasteiger partial charge in [-0.25, -0.2) is 9.48 Å². The van der Waals surface area contributed by atoms with Crippen molar-refractivity contribution in [1.29, 1.82) is 5.26 Å². The topological polar surface area (TPSA) is 102 Å². The Bertz CT molecular complexity index is 1510. The number of nitrogens with zero attached hydrogens (tertiary/aromatic N) is 3. The van der Waals surface area contributed by atoms with Gasteiger partial charge in [0.25, 0.3) is 5.56 Å². The summed E-state index contributed by atoms with van der Waals surface area (Å²) < 4.78 is 14.4. The molecule has 8 heteroatoms. The van der Waals surface area contributed by atoms with Crippen LogP contribution in [0.2, 0.25) is 0 Å². The first kappa shape index (κ1) is 23.2. The number of aromatic amines is 1. The molecule has 2 aromatic carbocycles. The second kappa shape index (κ2) is 8.41. The maximum atomic E-state index is 13.3. The maximum absolute atomic E-state index is 13.3. The Labute approximate surface area is 197 Å². The lowest BCUT2D eigenvalue weighted by Crippen LogP contribution is -2.27. The standard InChI is InChI=1S/C26H28N4O4/c1-7-20(30-24(31)18-13-16(14-27)8-9-19(18)28-30)22-17-10-11-29(25(32)34-26(3,4)5)23(17)15(2)12-21(22)33-6/h8-13,20,28H,7H2,1-6H3. The van der Waals surface area contributed by atoms with E-state index in [1.807, 2.05) is 46.8 Å². The molecule has 1 N–H and O–H groups in total. The quantitative estimate of drug-likeness (QED) is 0.448. The van der Waals surface area contributed by atoms with Crippen molar-refractivity contribution in [3.63, 3.8) is 0 Å². The molecule has 8 nitrogen and oxygen atoms in total. The summed E-state index contributed by atoms with van der Waals surface area (Å²) >= 11 is 0. The zero-order valence-corrected chi connectivity index (χ0v) is 20.2. The first-order valence-corrected chi connectivity index (χ1v) is 11.2. The number of aromatic nitrogens is 3. The fourth-order valence-electron chi connectivity index (χ4n) is 4.44. The molecule has 0 amide bonds. The summed E-state index contributed by atoms with van der Waals surface area (Å²) in [6.07, 6.45) is 1.81. The minimum Gasteiger partial charge on any atom is -0.496 e. The summed E-state index contributed by atoms with van der Waals surface area (Å²) in [6, 6.07) is 10.4. The Morgan fingerprint density at radius 1 is 1.21 bits per heavy atom. The summed E-state index contributed by atoms with van der Waals surface area (Å²) in [5.74, 6) is 0.627. The third kappa shape index (κ3) is 3.83. The van der Waals surface area contributed by atoms with Gasteiger partial charge < -0.3 is 9.47 Å². The van der Waals surface area contributed by atoms with Gasteiger partial charge in [-0.3, -0.25) is 14.5 Å². The van der Waals surface area contributed by atoms with Crippen molar-refractivity contribution in [3.05, 3.63) is 63.6 Å². The molecule has 0 saturated carbocycles. The Balaban J connectivity index is 1.96. The lowest BCUT2D eigenvalue weighted by Gasteiger charge is -2.22. The number of methoxy groups -OCH3 is 1. The Kier molecular flexibility index (Phi) is 5.74. The molecule has 4 rings (SSSR count). The average Bonchev–Trinajstić information content (AvgIpc) is 3.37. The number of nitriles is 1. The molecule has 0 fully saturated rings. The number of carbonyl (C=O) groups is 1. The van der Waals surface area contributed by atoms with E-state index in [4.69, 9.17) is 9.47 Å². The molecule has 2 aromatic heterocycles. The van der Waals surface area contributed by atoms with Gasteiger partial charge in [-0.15, -0.1) is 0 Å². The van der Waals surface area contributed by atoms with Crippen LogP contribution in [0.15, 0.2) is 41.3 Å². The van der Waals surface area contributed by atoms with Crippen LogP contribution in [0.25, 0.3) is 21.8 Å². The van der Waals surface area contributed by atoms with Crippen LogP contribution in [-0.2, 0) is 4.74 Å². The van der Waals surface area contributed by atoms with Gasteiger partial charge in [-0.1, -0.05) is 6.92 Å². The van der Waals surface area contributed by atoms with E-state index in [2.05, 4.69) is 11.2 Å². The van der Waals surface area contributed by atoms with Crippen molar-refractivity contribution < 1.29 is 14.3 Å². The number of hydrogen-bond donors (Lipinski definition) is 1. The fourth-order valence-corrected chi connectivity index (χ4v) is 4.44. The van der Waals surface area contributed by atoms with Crippen molar-refractivity contribution in [1.82, 2.24) is 14.3 Å². The van der Waals surface area contributed by atoms with Gasteiger partial charge in [0.1, 0.15) is 11.4 Å². The molecular weight excluding hydrogens is 432 g/mol. The zero-order chi connectivity index (χ0) is 24.8. The fraction of sp³-hybridized carbons (Fsp3) is 0.346. The number of benzene rings is 2. The monoisotopic (exact) mass is 460 g/mol. The minimum atomic E-state index is -0.636. The van der Waals surface area contributed by atoms with Gasteiger partial charge in [0, 0.05) is 17.1 Å². The lowest BCUT2D eigenvalue weighted by molar-refractivity contribution is 0.0544. The smallest absolute Gasteiger partial charge is 0.419 e. The van der Waals surface area contributed by atoms with Crippen LogP contribution in [0.4, 0.5) is 4.79 Å². The van der Waals surface area contributed by atoms with E-state index < -0.39 is 17.7 Å². The Morgan fingerprint density at radius 2 is 1.94 bits per heavy atom. The number of H-pyrrole nitrogens is 1. The maximum Gasteiger partial charge on any atom is 0.419 e. The van der Waals surface area contributed by atoms with Crippen LogP contribution < -0.4 is 10.3 Å². The third-order valence-electron chi connectivity index (χ3n) is 5.84. The van der Waals surface area contributed by atoms with Crippen molar-refractivity contribution in [2.45, 2.75) is 52.7 Å². The number of hydrogen-bond acceptors (Lipinski definition) is 5. The van der Waals surface area contributed by atoms with E-state index in [1.165, 1.54) is 4.57 Å². The van der Waals surface area contributed by atoms with Crippen LogP contribution in [0, 0.1) is 18.3 Å². The molecule has 0 aliphatic carbocycles. The molecule has 0 radical (unpaired) electrons. The summed E-state index contributed by atoms with van der Waals surface area (Å²) in [5.41, 5.74) is 2.57. The predicted molar refractivity (Wildman–Crippen MR) is 131 cm³/mol. The van der Waals surface area contributed by atoms with Gasteiger partial charge in [0.2, 0.25) is 0 Å². The van der Waals surface area contributed by atoms with Crippen LogP contribution >= 0.6 is 0 Å². The van der Waals surface area contributed by atoms with E-state index in [1.54, 1.807) is 36.2 Å². The minimum absolute atomic E-state index is 0.221. The second-order valence-electron chi connectivity index (χ2n) is 9.32. The van der Waals surface area contributed by atoms with Crippen LogP contribution in [0.5, 0.6) is 5.75 Å². The molecule has 176 valence electrons. The first-order chi connectivity index (χ1) is 16.1. The third-order valence-corrected chi connectivity index (χ3v) is 5.84. The van der Waals surface area contributed by atoms with Crippen molar-refractivity contribution in [2.24, 2.45) is 0 Å². The SMILES string of the molecule is CCC(c1c(OC)cc(C)c2c1ccn2C(=O)OC(C)(C)C)n1[nH]c2ccc(C#N)cc2c1=O. The van der Waals surface area contributed by atoms with Crippen LogP contribution in [-0.4, -0.2) is 33.2 Å². The number of fused-ring (bicyclic) bond motifs is 2. The molecule has 0 spiro atoms. The summed E-state index contributed by atoms with van der Waals surface area (Å²) in [7, 11) is 1.59. The Hall–Kier alpha value is -3.99. The molecule has 2 heterocycles. The summed E-state index contributed by atoms with van der Waals surface area (Å²) in [6.45, 7) is 9.37. The Morgan fingerprint density at radius 3 is 2.56 bits per heavy atom. The number of ether oxygens (including phenoxy) is 2. The molecule has 1 atom stereocenters. The molecule has 0 aliphatic heterocycles. The van der Waals surface area contributed by atoms with Crippen molar-refractivity contribution in [2.75, 3.05) is 7.11 Å². The van der Waals surface area contributed by atoms with E-state index in [9.17, 15) is 14.9 Å². The highest BCUT2D eigenvalue weighted by atomic mass is 16.6. The summed E-state index contributed by atoms with van der Waals surface area (Å²) in [5, 5.41) is 13.7. The highest BCUT2D eigenvalue weighted by Crippen LogP contribution is 2.39. The predicted octanol–water partition coefficient (Wildman–Crippen LogP) is 5.26. The summed E-state index contributed by atoms with van der Waals surface area (Å²) in [4.78, 5) is 26.3. The molecule has 1 unspecified atom stereocenters. The molecule has 0 aliphatic rings. The van der Waals surface area contributed by atoms with Crippen molar-refractivity contribution in [3.8, 4) is 11.8 Å². The molecular formula is C26H28N4O4. The van der Waals surface area contributed by atoms with Crippen LogP contribution in [0.3, 0.4) is 0 Å². The highest BCUT2D eigenvalue weighted by Gasteiger charge is 2.27. The first-order valence-electron chi connectivity index (χ1n) is 11.2. The van der Waals surface area contributed by atoms with Gasteiger partial charge >= 0.3 is 6.09 Å². The molecule has 4 aromatic rings. The van der Waals surface area contributed by atoms with E-state index in [0.29, 0.717) is 34.2 Å². The average molecular weight is 461 g/mol. The van der Waals surface area contributed by atoms with Gasteiger partial charge in [-0.05, 0) is 70.0 Å². The van der Waals surface area contributed by atoms with E-state index >= 15 is 0 Å². The number of aryl methyl sites for hydroxylation is 1. The highest BCUT2D eigenvalue weighted by molar-refractivity contribution is 5.95. The number of nitrogens with one attached hydrogen (secondary N) is 1. The lowest BCUT2D eigenvalue weighted by atomic mass is 9.97. The van der Waals surface area contributed by atoms with Gasteiger partial charge in [0.05, 0.1) is 41.2 Å². The van der Waals surface area contributed by atoms with E-state index in [0.717, 1.165) is 16.5 Å². The largest absolute Gasteiger partial charge is 0.496 e. The van der Waals surface area contributed by atoms with Gasteiger partial charge in [-0.2, -0.15) is 5.26 Å². The van der Waals surface area contributed by atoms with Gasteiger partial charge in [0.15, 0.2) is 0 Å². The zero-order valence-electron chi connectivity index (χ0n) is 20.2. The number of carbonyl (C=O) groups excluding carboxylic acids is 1. The normalized spacial score (nSPS) is 12.6. The van der Waals surface area contributed by atoms with Crippen molar-refractivity contribution >= 4 is 27.9 Å². The number of rotatable bonds is 4. The van der Waals surface area contributed by atoms with Crippen LogP contribution in [0.1, 0.15) is 56.8 Å². The second-order valence-corrected chi connectivity index (χ2v) is 9.32. The molecule has 0 bridgehead atoms. The molecule has 34 heavy (non-hydrogen) atoms. The molecule has 0 saturated heterocycles. The van der Waals surface area contributed by atoms with E-state index in [-0.39, 0.29) is 5.56 Å².